The number of carbonyl (C=O) groups is 2. The molecule has 4 nitrogen and oxygen atoms in total. The number of carbonyl (C=O) groups excluding carboxylic acids is 2. The molecule has 0 saturated carbocycles. The van der Waals surface area contributed by atoms with Crippen molar-refractivity contribution in [3.63, 3.8) is 0 Å². The highest BCUT2D eigenvalue weighted by Gasteiger charge is 2.56. The third-order valence-corrected chi connectivity index (χ3v) is 10.8. The summed E-state index contributed by atoms with van der Waals surface area (Å²) >= 11 is 0. The van der Waals surface area contributed by atoms with E-state index in [0.29, 0.717) is 12.8 Å². The quantitative estimate of drug-likeness (QED) is 0.711. The summed E-state index contributed by atoms with van der Waals surface area (Å²) in [5, 5.41) is 6.05. The first-order valence-corrected chi connectivity index (χ1v) is 11.8. The number of unbranched alkanes of at least 4 members (excludes halogenated alkanes) is 2. The van der Waals surface area contributed by atoms with Crippen molar-refractivity contribution in [2.75, 3.05) is 0 Å². The van der Waals surface area contributed by atoms with Crippen molar-refractivity contribution in [1.29, 1.82) is 0 Å². The summed E-state index contributed by atoms with van der Waals surface area (Å²) in [6.45, 7) is 4.19. The van der Waals surface area contributed by atoms with Crippen LogP contribution in [0.25, 0.3) is 0 Å². The van der Waals surface area contributed by atoms with E-state index in [1.165, 1.54) is 21.6 Å². The minimum atomic E-state index is -0.790. The summed E-state index contributed by atoms with van der Waals surface area (Å²) in [5.41, 5.74) is 0. The number of nitrogens with one attached hydrogen (secondary N) is 2. The van der Waals surface area contributed by atoms with Gasteiger partial charge in [-0.05, 0) is 66.9 Å². The molecule has 0 aromatic carbocycles. The largest absolute Gasteiger partial charge is 0.330 e. The van der Waals surface area contributed by atoms with E-state index < -0.39 is 9.74 Å². The molecule has 2 atom stereocenters. The zero-order valence-corrected chi connectivity index (χ0v) is 15.0. The van der Waals surface area contributed by atoms with E-state index >= 15 is 0 Å². The van der Waals surface area contributed by atoms with Gasteiger partial charge in [-0.1, -0.05) is 26.7 Å². The lowest BCUT2D eigenvalue weighted by atomic mass is 10.0. The summed E-state index contributed by atoms with van der Waals surface area (Å²) in [6, 6.07) is 0. The molecule has 3 aliphatic rings. The van der Waals surface area contributed by atoms with E-state index in [0.717, 1.165) is 25.7 Å². The van der Waals surface area contributed by atoms with Gasteiger partial charge in [-0.2, -0.15) is 0 Å². The van der Waals surface area contributed by atoms with Gasteiger partial charge in [0.1, 0.15) is 0 Å². The molecule has 3 saturated heterocycles. The van der Waals surface area contributed by atoms with Crippen LogP contribution in [0.3, 0.4) is 0 Å². The molecule has 0 aromatic rings. The van der Waals surface area contributed by atoms with E-state index in [9.17, 15) is 9.59 Å². The Labute approximate surface area is 135 Å². The zero-order valence-electron chi connectivity index (χ0n) is 11.7. The summed E-state index contributed by atoms with van der Waals surface area (Å²) in [5.74, 6) is -0.0705. The molecule has 3 fully saturated rings. The van der Waals surface area contributed by atoms with E-state index in [1.54, 1.807) is 19.7 Å². The Kier molecular flexibility index (Phi) is 5.90. The second-order valence-electron chi connectivity index (χ2n) is 5.07. The Morgan fingerprint density at radius 1 is 0.850 bits per heavy atom. The standard InChI is InChI=1S/C12H20N2O2S4/c1-3-5-7-11-9(15)14-12(8-6-4-2,10(16)13-11)18-20-19-17-11/h3-8H2,1-2H3,(H,13,16)(H,14,15). The first kappa shape index (κ1) is 16.7. The number of rotatable bonds is 6. The van der Waals surface area contributed by atoms with Crippen molar-refractivity contribution in [1.82, 2.24) is 10.6 Å². The van der Waals surface area contributed by atoms with Gasteiger partial charge in [-0.25, -0.2) is 0 Å². The Bertz CT molecular complexity index is 352. The topological polar surface area (TPSA) is 58.2 Å². The van der Waals surface area contributed by atoms with Crippen LogP contribution >= 0.6 is 41.2 Å². The number of piperazine rings is 1. The van der Waals surface area contributed by atoms with Crippen LogP contribution in [0.15, 0.2) is 0 Å². The number of hydrogen-bond donors (Lipinski definition) is 2. The van der Waals surface area contributed by atoms with Crippen molar-refractivity contribution in [2.45, 2.75) is 62.1 Å². The van der Waals surface area contributed by atoms with Crippen LogP contribution in [0.5, 0.6) is 0 Å². The fourth-order valence-electron chi connectivity index (χ4n) is 2.23. The van der Waals surface area contributed by atoms with E-state index in [2.05, 4.69) is 24.5 Å². The lowest BCUT2D eigenvalue weighted by molar-refractivity contribution is -0.139. The molecule has 3 aliphatic heterocycles. The van der Waals surface area contributed by atoms with Gasteiger partial charge in [0.25, 0.3) is 11.8 Å². The Hall–Kier alpha value is 0.340. The number of amides is 2. The van der Waals surface area contributed by atoms with Gasteiger partial charge in [-0.15, -0.1) is 0 Å². The summed E-state index contributed by atoms with van der Waals surface area (Å²) in [7, 11) is 6.14. The molecule has 3 rings (SSSR count). The highest BCUT2D eigenvalue weighted by molar-refractivity contribution is 9.26. The Morgan fingerprint density at radius 3 is 1.60 bits per heavy atom. The van der Waals surface area contributed by atoms with Gasteiger partial charge in [0.05, 0.1) is 0 Å². The predicted octanol–water partition coefficient (Wildman–Crippen LogP) is 3.70. The monoisotopic (exact) mass is 352 g/mol. The molecule has 2 bridgehead atoms. The van der Waals surface area contributed by atoms with Crippen LogP contribution in [-0.4, -0.2) is 21.6 Å². The lowest BCUT2D eigenvalue weighted by Gasteiger charge is -2.46. The van der Waals surface area contributed by atoms with Crippen LogP contribution in [0.4, 0.5) is 0 Å². The normalized spacial score (nSPS) is 33.3. The van der Waals surface area contributed by atoms with Crippen LogP contribution in [0, 0.1) is 0 Å². The van der Waals surface area contributed by atoms with Gasteiger partial charge in [0.15, 0.2) is 9.74 Å². The van der Waals surface area contributed by atoms with Crippen molar-refractivity contribution in [3.05, 3.63) is 0 Å². The third-order valence-electron chi connectivity index (χ3n) is 3.51. The summed E-state index contributed by atoms with van der Waals surface area (Å²) in [6.07, 6.45) is 5.27. The molecule has 2 N–H and O–H groups in total. The molecule has 2 amide bonds. The van der Waals surface area contributed by atoms with Crippen LogP contribution < -0.4 is 10.6 Å². The van der Waals surface area contributed by atoms with E-state index in [4.69, 9.17) is 0 Å². The maximum atomic E-state index is 12.6. The van der Waals surface area contributed by atoms with Gasteiger partial charge < -0.3 is 10.6 Å². The Morgan fingerprint density at radius 2 is 1.25 bits per heavy atom. The van der Waals surface area contributed by atoms with Crippen LogP contribution in [0.1, 0.15) is 52.4 Å². The maximum Gasteiger partial charge on any atom is 0.258 e. The minimum Gasteiger partial charge on any atom is -0.330 e. The Balaban J connectivity index is 2.22. The second kappa shape index (κ2) is 7.07. The third kappa shape index (κ3) is 3.23. The first-order valence-electron chi connectivity index (χ1n) is 6.94. The number of hydrogen-bond acceptors (Lipinski definition) is 6. The smallest absolute Gasteiger partial charge is 0.258 e. The van der Waals surface area contributed by atoms with Crippen molar-refractivity contribution in [2.24, 2.45) is 0 Å². The maximum absolute atomic E-state index is 12.6. The first-order chi connectivity index (χ1) is 9.58. The predicted molar refractivity (Wildman–Crippen MR) is 91.2 cm³/mol. The average molecular weight is 353 g/mol. The van der Waals surface area contributed by atoms with Crippen molar-refractivity contribution in [3.8, 4) is 0 Å². The van der Waals surface area contributed by atoms with Crippen molar-refractivity contribution < 1.29 is 9.59 Å². The molecule has 0 spiro atoms. The van der Waals surface area contributed by atoms with Crippen LogP contribution in [0.2, 0.25) is 0 Å². The minimum absolute atomic E-state index is 0.0352. The molecule has 114 valence electrons. The summed E-state index contributed by atoms with van der Waals surface area (Å²) in [4.78, 5) is 23.6. The number of fused-ring (bicyclic) bond motifs is 5. The van der Waals surface area contributed by atoms with E-state index in [1.807, 2.05) is 0 Å². The lowest BCUT2D eigenvalue weighted by Crippen LogP contribution is -2.72. The SMILES string of the molecule is CCCCC12NC(=O)C(CCCC)(NC1=O)SSSS2. The molecule has 20 heavy (non-hydrogen) atoms. The van der Waals surface area contributed by atoms with Gasteiger partial charge in [-0.3, -0.25) is 9.59 Å². The fraction of sp³-hybridized carbons (Fsp3) is 0.833. The van der Waals surface area contributed by atoms with Crippen LogP contribution in [-0.2, 0) is 9.59 Å². The molecule has 2 unspecified atom stereocenters. The highest BCUT2D eigenvalue weighted by atomic mass is 33.7. The molecule has 0 aliphatic carbocycles. The average Bonchev–Trinajstić information content (AvgIpc) is 2.42. The zero-order chi connectivity index (χ0) is 14.6. The summed E-state index contributed by atoms with van der Waals surface area (Å²) < 4.78 is 0. The van der Waals surface area contributed by atoms with Gasteiger partial charge in [0, 0.05) is 0 Å². The second-order valence-corrected chi connectivity index (χ2v) is 11.3. The molecule has 0 radical (unpaired) electrons. The van der Waals surface area contributed by atoms with Gasteiger partial charge in [0.2, 0.25) is 0 Å². The van der Waals surface area contributed by atoms with E-state index in [-0.39, 0.29) is 11.8 Å². The molecule has 3 heterocycles. The fourth-order valence-corrected chi connectivity index (χ4v) is 9.65. The van der Waals surface area contributed by atoms with Gasteiger partial charge >= 0.3 is 0 Å². The molecule has 8 heteroatoms. The molecular formula is C12H20N2O2S4. The highest BCUT2D eigenvalue weighted by Crippen LogP contribution is 2.57. The molecular weight excluding hydrogens is 332 g/mol. The van der Waals surface area contributed by atoms with Crippen molar-refractivity contribution >= 4 is 53.1 Å². The molecule has 0 aromatic heterocycles.